The first kappa shape index (κ1) is 17.8. The molecule has 2 aromatic carbocycles. The van der Waals surface area contributed by atoms with E-state index in [-0.39, 0.29) is 16.6 Å². The summed E-state index contributed by atoms with van der Waals surface area (Å²) in [5, 5.41) is 9.46. The van der Waals surface area contributed by atoms with Crippen LogP contribution in [0.2, 0.25) is 0 Å². The van der Waals surface area contributed by atoms with Crippen molar-refractivity contribution in [2.75, 3.05) is 0 Å². The maximum absolute atomic E-state index is 11.4. The van der Waals surface area contributed by atoms with Crippen LogP contribution in [0.15, 0.2) is 53.4 Å². The van der Waals surface area contributed by atoms with Gasteiger partial charge in [-0.15, -0.1) is 0 Å². The largest absolute Gasteiger partial charge is 0.508 e. The van der Waals surface area contributed by atoms with Crippen molar-refractivity contribution in [2.24, 2.45) is 0 Å². The van der Waals surface area contributed by atoms with Crippen LogP contribution < -0.4 is 0 Å². The van der Waals surface area contributed by atoms with Gasteiger partial charge in [0.05, 0.1) is 4.90 Å². The van der Waals surface area contributed by atoms with Crippen LogP contribution in [0.1, 0.15) is 49.7 Å². The smallest absolute Gasteiger partial charge is 0.261 e. The fourth-order valence-electron chi connectivity index (χ4n) is 3.10. The van der Waals surface area contributed by atoms with Gasteiger partial charge in [0.2, 0.25) is 0 Å². The molecule has 0 unspecified atom stereocenters. The quantitative estimate of drug-likeness (QED) is 0.743. The minimum Gasteiger partial charge on any atom is -0.508 e. The zero-order chi connectivity index (χ0) is 17.0. The number of halogens is 1. The zero-order valence-electron chi connectivity index (χ0n) is 13.2. The zero-order valence-corrected chi connectivity index (χ0v) is 14.8. The molecule has 2 aromatic rings. The second kappa shape index (κ2) is 7.37. The van der Waals surface area contributed by atoms with Gasteiger partial charge < -0.3 is 5.11 Å². The van der Waals surface area contributed by atoms with Crippen LogP contribution in [0.25, 0.3) is 0 Å². The lowest BCUT2D eigenvalue weighted by Crippen LogP contribution is -2.10. The van der Waals surface area contributed by atoms with Gasteiger partial charge in [-0.25, -0.2) is 8.42 Å². The maximum Gasteiger partial charge on any atom is 0.261 e. The molecular weight excluding hydrogens is 332 g/mol. The van der Waals surface area contributed by atoms with Crippen molar-refractivity contribution in [1.82, 2.24) is 0 Å². The maximum atomic E-state index is 11.4. The lowest BCUT2D eigenvalue weighted by Gasteiger charge is -2.26. The topological polar surface area (TPSA) is 54.4 Å². The van der Waals surface area contributed by atoms with E-state index in [9.17, 15) is 13.5 Å². The summed E-state index contributed by atoms with van der Waals surface area (Å²) in [5.41, 5.74) is 2.27. The molecule has 3 nitrogen and oxygen atoms in total. The van der Waals surface area contributed by atoms with Crippen molar-refractivity contribution in [3.05, 3.63) is 59.7 Å². The van der Waals surface area contributed by atoms with Crippen LogP contribution >= 0.6 is 10.7 Å². The number of aromatic hydroxyl groups is 1. The van der Waals surface area contributed by atoms with Crippen LogP contribution in [0.4, 0.5) is 0 Å². The van der Waals surface area contributed by atoms with Gasteiger partial charge in [0.25, 0.3) is 9.05 Å². The van der Waals surface area contributed by atoms with Gasteiger partial charge in [-0.1, -0.05) is 38.1 Å². The molecule has 0 spiro atoms. The van der Waals surface area contributed by atoms with E-state index < -0.39 is 9.05 Å². The monoisotopic (exact) mass is 352 g/mol. The van der Waals surface area contributed by atoms with E-state index in [2.05, 4.69) is 13.8 Å². The molecule has 0 radical (unpaired) electrons. The van der Waals surface area contributed by atoms with Crippen LogP contribution in [0.3, 0.4) is 0 Å². The Morgan fingerprint density at radius 2 is 1.26 bits per heavy atom. The average molecular weight is 353 g/mol. The molecule has 0 saturated heterocycles. The molecule has 0 bridgehead atoms. The summed E-state index contributed by atoms with van der Waals surface area (Å²) in [6, 6.07) is 14.1. The van der Waals surface area contributed by atoms with Crippen LogP contribution in [-0.4, -0.2) is 13.5 Å². The summed E-state index contributed by atoms with van der Waals surface area (Å²) in [4.78, 5) is 0.121. The summed E-state index contributed by atoms with van der Waals surface area (Å²) in [6.07, 6.45) is 1.89. The predicted molar refractivity (Wildman–Crippen MR) is 93.7 cm³/mol. The highest BCUT2D eigenvalue weighted by Crippen LogP contribution is 2.38. The van der Waals surface area contributed by atoms with Crippen LogP contribution in [0.5, 0.6) is 5.75 Å². The lowest BCUT2D eigenvalue weighted by atomic mass is 9.78. The molecular formula is C18H21ClO3S. The molecule has 0 aromatic heterocycles. The van der Waals surface area contributed by atoms with E-state index in [0.717, 1.165) is 18.4 Å². The number of phenolic OH excluding ortho intramolecular Hbond substituents is 1. The Balaban J connectivity index is 2.35. The molecule has 0 heterocycles. The second-order valence-corrected chi connectivity index (χ2v) is 8.19. The van der Waals surface area contributed by atoms with Gasteiger partial charge in [0.1, 0.15) is 5.75 Å². The number of phenols is 1. The van der Waals surface area contributed by atoms with Crippen molar-refractivity contribution >= 4 is 19.7 Å². The second-order valence-electron chi connectivity index (χ2n) is 5.63. The number of hydrogen-bond donors (Lipinski definition) is 1. The van der Waals surface area contributed by atoms with Crippen molar-refractivity contribution in [3.63, 3.8) is 0 Å². The fraction of sp³-hybridized carbons (Fsp3) is 0.333. The number of hydrogen-bond acceptors (Lipinski definition) is 3. The highest BCUT2D eigenvalue weighted by molar-refractivity contribution is 8.13. The Hall–Kier alpha value is -1.52. The van der Waals surface area contributed by atoms with E-state index in [0.29, 0.717) is 5.92 Å². The van der Waals surface area contributed by atoms with Gasteiger partial charge in [0.15, 0.2) is 0 Å². The molecule has 0 aliphatic rings. The first-order valence-corrected chi connectivity index (χ1v) is 10.0. The molecule has 5 heteroatoms. The third-order valence-corrected chi connectivity index (χ3v) is 5.65. The molecule has 0 aliphatic carbocycles. The van der Waals surface area contributed by atoms with Crippen molar-refractivity contribution in [3.8, 4) is 5.75 Å². The molecule has 0 saturated carbocycles. The Kier molecular flexibility index (Phi) is 5.71. The first-order valence-electron chi connectivity index (χ1n) is 7.70. The highest BCUT2D eigenvalue weighted by Gasteiger charge is 2.22. The molecule has 0 amide bonds. The Labute approximate surface area is 142 Å². The van der Waals surface area contributed by atoms with E-state index in [1.807, 2.05) is 24.3 Å². The molecule has 124 valence electrons. The van der Waals surface area contributed by atoms with Gasteiger partial charge in [-0.3, -0.25) is 0 Å². The van der Waals surface area contributed by atoms with Crippen molar-refractivity contribution in [1.29, 1.82) is 0 Å². The van der Waals surface area contributed by atoms with E-state index in [1.165, 1.54) is 5.56 Å². The van der Waals surface area contributed by atoms with Crippen LogP contribution in [0, 0.1) is 0 Å². The summed E-state index contributed by atoms with van der Waals surface area (Å²) in [5.74, 6) is 0.837. The molecule has 1 N–H and O–H groups in total. The van der Waals surface area contributed by atoms with Crippen LogP contribution in [-0.2, 0) is 9.05 Å². The average Bonchev–Trinajstić information content (AvgIpc) is 2.53. The van der Waals surface area contributed by atoms with Gasteiger partial charge in [-0.2, -0.15) is 0 Å². The lowest BCUT2D eigenvalue weighted by molar-refractivity contribution is 0.473. The van der Waals surface area contributed by atoms with Crippen molar-refractivity contribution < 1.29 is 13.5 Å². The highest BCUT2D eigenvalue weighted by atomic mass is 35.7. The molecule has 0 aliphatic heterocycles. The predicted octanol–water partition coefficient (Wildman–Crippen LogP) is 5.01. The SMILES string of the molecule is CC[C@H](c1ccc(O)cc1)[C@@H](CC)c1ccc(S(=O)(=O)Cl)cc1. The van der Waals surface area contributed by atoms with E-state index in [4.69, 9.17) is 10.7 Å². The van der Waals surface area contributed by atoms with Gasteiger partial charge >= 0.3 is 0 Å². The van der Waals surface area contributed by atoms with Gasteiger partial charge in [-0.05, 0) is 60.1 Å². The minimum absolute atomic E-state index is 0.121. The Morgan fingerprint density at radius 1 is 0.870 bits per heavy atom. The molecule has 2 atom stereocenters. The summed E-state index contributed by atoms with van der Waals surface area (Å²) in [6.45, 7) is 4.26. The summed E-state index contributed by atoms with van der Waals surface area (Å²) in [7, 11) is 1.68. The van der Waals surface area contributed by atoms with Gasteiger partial charge in [0, 0.05) is 10.7 Å². The Bertz CT molecular complexity index is 737. The number of rotatable bonds is 6. The van der Waals surface area contributed by atoms with E-state index in [1.54, 1.807) is 24.3 Å². The number of benzene rings is 2. The molecule has 23 heavy (non-hydrogen) atoms. The Morgan fingerprint density at radius 3 is 1.61 bits per heavy atom. The first-order chi connectivity index (χ1) is 10.9. The fourth-order valence-corrected chi connectivity index (χ4v) is 3.87. The molecule has 2 rings (SSSR count). The van der Waals surface area contributed by atoms with E-state index >= 15 is 0 Å². The summed E-state index contributed by atoms with van der Waals surface area (Å²) < 4.78 is 22.7. The van der Waals surface area contributed by atoms with Crippen molar-refractivity contribution in [2.45, 2.75) is 43.4 Å². The molecule has 0 fully saturated rings. The normalized spacial score (nSPS) is 14.4. The third-order valence-electron chi connectivity index (χ3n) is 4.28. The minimum atomic E-state index is -3.69. The third kappa shape index (κ3) is 4.27. The standard InChI is InChI=1S/C18H21ClO3S/c1-3-17(13-5-9-15(20)10-6-13)18(4-2)14-7-11-16(12-8-14)23(19,21)22/h5-12,17-18,20H,3-4H2,1-2H3/t17-,18+/m1/s1. The summed E-state index contributed by atoms with van der Waals surface area (Å²) >= 11 is 0.